The molecule has 2 aromatic heterocycles. The third-order valence-corrected chi connectivity index (χ3v) is 8.08. The molecular formula is C30H26ClN5OS. The Morgan fingerprint density at radius 1 is 0.947 bits per heavy atom. The average Bonchev–Trinajstić information content (AvgIpc) is 3.30. The number of nitrogens with zero attached hydrogens (tertiary/aromatic N) is 4. The Morgan fingerprint density at radius 2 is 1.63 bits per heavy atom. The molecule has 3 aromatic carbocycles. The molecule has 0 bridgehead atoms. The molecule has 190 valence electrons. The van der Waals surface area contributed by atoms with Gasteiger partial charge in [-0.25, -0.2) is 10.4 Å². The molecule has 5 aromatic rings. The molecule has 0 saturated heterocycles. The van der Waals surface area contributed by atoms with E-state index in [2.05, 4.69) is 39.7 Å². The van der Waals surface area contributed by atoms with Gasteiger partial charge in [-0.05, 0) is 40.8 Å². The van der Waals surface area contributed by atoms with E-state index in [4.69, 9.17) is 16.6 Å². The zero-order valence-electron chi connectivity index (χ0n) is 20.7. The number of benzene rings is 3. The SMILES string of the molecule is O=c1c2c3c(sc2nc(N/N=C\c2ccc(Cl)cc2)n1Cc1ccccc1)CN(Cc1ccccc1)CC3. The van der Waals surface area contributed by atoms with E-state index in [1.165, 1.54) is 10.4 Å². The Morgan fingerprint density at radius 3 is 2.34 bits per heavy atom. The number of hydrogen-bond donors (Lipinski definition) is 1. The Bertz CT molecular complexity index is 1650. The van der Waals surface area contributed by atoms with Crippen molar-refractivity contribution in [1.82, 2.24) is 14.5 Å². The lowest BCUT2D eigenvalue weighted by Gasteiger charge is -2.26. The van der Waals surface area contributed by atoms with E-state index in [1.54, 1.807) is 22.1 Å². The first-order valence-electron chi connectivity index (χ1n) is 12.5. The van der Waals surface area contributed by atoms with Crippen molar-refractivity contribution in [2.75, 3.05) is 12.0 Å². The Hall–Kier alpha value is -3.78. The smallest absolute Gasteiger partial charge is 0.264 e. The number of halogens is 1. The van der Waals surface area contributed by atoms with Crippen molar-refractivity contribution in [1.29, 1.82) is 0 Å². The summed E-state index contributed by atoms with van der Waals surface area (Å²) in [6.45, 7) is 3.04. The highest BCUT2D eigenvalue weighted by Crippen LogP contribution is 2.33. The standard InChI is InChI=1S/C30H26ClN5OS/c31-24-13-11-21(12-14-24)17-32-34-30-33-28-27(29(37)36(30)19-23-9-5-2-6-10-23)25-15-16-35(20-26(25)38-28)18-22-7-3-1-4-8-22/h1-14,17H,15-16,18-20H2,(H,33,34)/b32-17-. The maximum atomic E-state index is 13.9. The topological polar surface area (TPSA) is 62.5 Å². The number of aromatic nitrogens is 2. The minimum Gasteiger partial charge on any atom is -0.294 e. The predicted molar refractivity (Wildman–Crippen MR) is 156 cm³/mol. The largest absolute Gasteiger partial charge is 0.294 e. The van der Waals surface area contributed by atoms with Gasteiger partial charge in [-0.15, -0.1) is 11.3 Å². The maximum absolute atomic E-state index is 13.9. The fourth-order valence-electron chi connectivity index (χ4n) is 4.82. The molecule has 3 heterocycles. The average molecular weight is 540 g/mol. The van der Waals surface area contributed by atoms with Gasteiger partial charge in [0.1, 0.15) is 4.83 Å². The maximum Gasteiger partial charge on any atom is 0.264 e. The van der Waals surface area contributed by atoms with Gasteiger partial charge in [0.2, 0.25) is 5.95 Å². The highest BCUT2D eigenvalue weighted by atomic mass is 35.5. The van der Waals surface area contributed by atoms with Gasteiger partial charge in [0.05, 0.1) is 18.1 Å². The quantitative estimate of drug-likeness (QED) is 0.199. The first-order chi connectivity index (χ1) is 18.6. The third-order valence-electron chi connectivity index (χ3n) is 6.72. The zero-order valence-corrected chi connectivity index (χ0v) is 22.3. The summed E-state index contributed by atoms with van der Waals surface area (Å²) >= 11 is 7.61. The van der Waals surface area contributed by atoms with Gasteiger partial charge in [0, 0.05) is 29.5 Å². The van der Waals surface area contributed by atoms with Gasteiger partial charge in [-0.1, -0.05) is 84.4 Å². The minimum atomic E-state index is -0.0305. The van der Waals surface area contributed by atoms with Crippen LogP contribution >= 0.6 is 22.9 Å². The number of nitrogens with one attached hydrogen (secondary N) is 1. The summed E-state index contributed by atoms with van der Waals surface area (Å²) in [7, 11) is 0. The molecule has 38 heavy (non-hydrogen) atoms. The molecule has 0 unspecified atom stereocenters. The van der Waals surface area contributed by atoms with Crippen molar-refractivity contribution in [3.05, 3.63) is 127 Å². The minimum absolute atomic E-state index is 0.0305. The van der Waals surface area contributed by atoms with Gasteiger partial charge in [-0.2, -0.15) is 5.10 Å². The highest BCUT2D eigenvalue weighted by molar-refractivity contribution is 7.18. The molecule has 6 rings (SSSR count). The lowest BCUT2D eigenvalue weighted by Crippen LogP contribution is -2.30. The second kappa shape index (κ2) is 10.9. The van der Waals surface area contributed by atoms with E-state index in [0.29, 0.717) is 17.5 Å². The molecule has 0 saturated carbocycles. The summed E-state index contributed by atoms with van der Waals surface area (Å²) in [4.78, 5) is 23.3. The van der Waals surface area contributed by atoms with E-state index >= 15 is 0 Å². The summed E-state index contributed by atoms with van der Waals surface area (Å²) < 4.78 is 1.69. The van der Waals surface area contributed by atoms with E-state index < -0.39 is 0 Å². The van der Waals surface area contributed by atoms with Crippen LogP contribution < -0.4 is 11.0 Å². The van der Waals surface area contributed by atoms with Crippen LogP contribution in [0.2, 0.25) is 5.02 Å². The van der Waals surface area contributed by atoms with Crippen LogP contribution in [0.3, 0.4) is 0 Å². The summed E-state index contributed by atoms with van der Waals surface area (Å²) in [5, 5.41) is 5.80. The predicted octanol–water partition coefficient (Wildman–Crippen LogP) is 6.16. The first kappa shape index (κ1) is 24.6. The van der Waals surface area contributed by atoms with Crippen molar-refractivity contribution in [2.45, 2.75) is 26.1 Å². The molecule has 0 atom stereocenters. The molecule has 0 spiro atoms. The number of hydrogen-bond acceptors (Lipinski definition) is 6. The lowest BCUT2D eigenvalue weighted by molar-refractivity contribution is 0.249. The van der Waals surface area contributed by atoms with E-state index in [9.17, 15) is 4.79 Å². The summed E-state index contributed by atoms with van der Waals surface area (Å²) in [6, 6.07) is 27.9. The second-order valence-corrected chi connectivity index (χ2v) is 10.9. The zero-order chi connectivity index (χ0) is 25.9. The van der Waals surface area contributed by atoms with Gasteiger partial charge >= 0.3 is 0 Å². The number of fused-ring (bicyclic) bond motifs is 3. The van der Waals surface area contributed by atoms with Crippen molar-refractivity contribution in [3.8, 4) is 0 Å². The molecule has 0 amide bonds. The molecule has 1 aliphatic heterocycles. The van der Waals surface area contributed by atoms with Gasteiger partial charge in [0.25, 0.3) is 5.56 Å². The van der Waals surface area contributed by atoms with Gasteiger partial charge in [-0.3, -0.25) is 14.3 Å². The lowest BCUT2D eigenvalue weighted by atomic mass is 10.0. The summed E-state index contributed by atoms with van der Waals surface area (Å²) in [6.07, 6.45) is 2.53. The molecule has 1 N–H and O–H groups in total. The van der Waals surface area contributed by atoms with Crippen LogP contribution in [0.1, 0.15) is 27.1 Å². The van der Waals surface area contributed by atoms with E-state index in [-0.39, 0.29) is 5.56 Å². The van der Waals surface area contributed by atoms with Crippen LogP contribution in [0.25, 0.3) is 10.2 Å². The van der Waals surface area contributed by atoms with E-state index in [1.807, 2.05) is 60.7 Å². The molecule has 0 fully saturated rings. The fourth-order valence-corrected chi connectivity index (χ4v) is 6.20. The Kier molecular flexibility index (Phi) is 7.05. The number of rotatable bonds is 7. The van der Waals surface area contributed by atoms with Crippen LogP contribution in [-0.2, 0) is 26.1 Å². The van der Waals surface area contributed by atoms with Crippen molar-refractivity contribution < 1.29 is 0 Å². The van der Waals surface area contributed by atoms with E-state index in [0.717, 1.165) is 53.0 Å². The van der Waals surface area contributed by atoms with Crippen LogP contribution in [0, 0.1) is 0 Å². The van der Waals surface area contributed by atoms with Crippen molar-refractivity contribution >= 4 is 45.3 Å². The number of hydrazone groups is 1. The Balaban J connectivity index is 1.35. The molecule has 0 aliphatic carbocycles. The monoisotopic (exact) mass is 539 g/mol. The van der Waals surface area contributed by atoms with Gasteiger partial charge < -0.3 is 0 Å². The highest BCUT2D eigenvalue weighted by Gasteiger charge is 2.25. The number of anilines is 1. The van der Waals surface area contributed by atoms with Crippen molar-refractivity contribution in [3.63, 3.8) is 0 Å². The molecule has 1 aliphatic rings. The van der Waals surface area contributed by atoms with Crippen LogP contribution in [0.15, 0.2) is 94.8 Å². The number of thiophene rings is 1. The second-order valence-electron chi connectivity index (χ2n) is 9.36. The van der Waals surface area contributed by atoms with Crippen LogP contribution in [-0.4, -0.2) is 27.2 Å². The Labute approximate surface area is 229 Å². The molecule has 8 heteroatoms. The van der Waals surface area contributed by atoms with Crippen molar-refractivity contribution in [2.24, 2.45) is 5.10 Å². The summed E-state index contributed by atoms with van der Waals surface area (Å²) in [5.74, 6) is 0.427. The molecule has 0 radical (unpaired) electrons. The van der Waals surface area contributed by atoms with Gasteiger partial charge in [0.15, 0.2) is 0 Å². The molecule has 6 nitrogen and oxygen atoms in total. The van der Waals surface area contributed by atoms with Crippen LogP contribution in [0.4, 0.5) is 5.95 Å². The summed E-state index contributed by atoms with van der Waals surface area (Å²) in [5.41, 5.74) is 7.37. The van der Waals surface area contributed by atoms with Crippen LogP contribution in [0.5, 0.6) is 0 Å². The fraction of sp³-hybridized carbons (Fsp3) is 0.167. The molecular weight excluding hydrogens is 514 g/mol. The first-order valence-corrected chi connectivity index (χ1v) is 13.7. The third kappa shape index (κ3) is 5.27. The normalized spacial score (nSPS) is 13.7.